The lowest BCUT2D eigenvalue weighted by Gasteiger charge is -2.34. The number of aromatic nitrogens is 3. The summed E-state index contributed by atoms with van der Waals surface area (Å²) in [7, 11) is 0. The van der Waals surface area contributed by atoms with Crippen LogP contribution in [-0.4, -0.2) is 64.7 Å². The minimum Gasteiger partial charge on any atom is -0.338 e. The first-order chi connectivity index (χ1) is 14.8. The molecule has 3 heterocycles. The number of amides is 2. The van der Waals surface area contributed by atoms with E-state index < -0.39 is 0 Å². The van der Waals surface area contributed by atoms with Crippen LogP contribution in [0.1, 0.15) is 6.42 Å². The molecule has 0 spiro atoms. The number of nitrogens with one attached hydrogen (secondary N) is 2. The molecule has 30 heavy (non-hydrogen) atoms. The van der Waals surface area contributed by atoms with Crippen LogP contribution >= 0.6 is 0 Å². The Bertz CT molecular complexity index is 922. The minimum atomic E-state index is -0.175. The molecule has 3 aromatic rings. The highest BCUT2D eigenvalue weighted by molar-refractivity contribution is 5.89. The molecule has 0 radical (unpaired) electrons. The molecule has 1 saturated heterocycles. The molecule has 1 aromatic carbocycles. The molecule has 8 heteroatoms. The maximum atomic E-state index is 12.2. The minimum absolute atomic E-state index is 0.175. The second-order valence-corrected chi connectivity index (χ2v) is 7.25. The predicted molar refractivity (Wildman–Crippen MR) is 118 cm³/mol. The van der Waals surface area contributed by atoms with Crippen molar-refractivity contribution >= 4 is 17.7 Å². The number of carbonyl (C=O) groups excluding carboxylic acids is 1. The second kappa shape index (κ2) is 9.89. The van der Waals surface area contributed by atoms with Gasteiger partial charge in [0.25, 0.3) is 0 Å². The van der Waals surface area contributed by atoms with Crippen LogP contribution in [0.5, 0.6) is 0 Å². The van der Waals surface area contributed by atoms with Gasteiger partial charge < -0.3 is 20.1 Å². The lowest BCUT2D eigenvalue weighted by Crippen LogP contribution is -2.47. The van der Waals surface area contributed by atoms with E-state index in [9.17, 15) is 4.79 Å². The van der Waals surface area contributed by atoms with E-state index in [4.69, 9.17) is 0 Å². The van der Waals surface area contributed by atoms with E-state index >= 15 is 0 Å². The van der Waals surface area contributed by atoms with Crippen molar-refractivity contribution < 1.29 is 4.79 Å². The molecule has 4 rings (SSSR count). The molecule has 1 fully saturated rings. The van der Waals surface area contributed by atoms with Crippen LogP contribution in [0.25, 0.3) is 5.69 Å². The summed E-state index contributed by atoms with van der Waals surface area (Å²) in [6, 6.07) is 13.4. The molecular formula is C22H27N7O. The molecule has 0 bridgehead atoms. The monoisotopic (exact) mass is 405 g/mol. The van der Waals surface area contributed by atoms with Gasteiger partial charge in [-0.2, -0.15) is 0 Å². The number of hydrogen-bond acceptors (Lipinski definition) is 5. The lowest BCUT2D eigenvalue weighted by molar-refractivity contribution is 0.244. The topological polar surface area (TPSA) is 78.3 Å². The molecule has 1 aliphatic heterocycles. The summed E-state index contributed by atoms with van der Waals surface area (Å²) in [6.45, 7) is 5.43. The van der Waals surface area contributed by atoms with Crippen molar-refractivity contribution in [2.45, 2.75) is 6.42 Å². The van der Waals surface area contributed by atoms with Gasteiger partial charge in [-0.3, -0.25) is 4.90 Å². The zero-order chi connectivity index (χ0) is 20.6. The Labute approximate surface area is 176 Å². The molecular weight excluding hydrogens is 378 g/mol. The van der Waals surface area contributed by atoms with Gasteiger partial charge in [0.2, 0.25) is 5.95 Å². The number of nitrogens with zero attached hydrogens (tertiary/aromatic N) is 5. The number of anilines is 2. The van der Waals surface area contributed by atoms with Gasteiger partial charge in [0.1, 0.15) is 0 Å². The summed E-state index contributed by atoms with van der Waals surface area (Å²) in [5.74, 6) is 0.802. The number of rotatable bonds is 7. The first-order valence-corrected chi connectivity index (χ1v) is 10.3. The molecule has 2 aromatic heterocycles. The van der Waals surface area contributed by atoms with Crippen molar-refractivity contribution in [2.24, 2.45) is 0 Å². The Hall–Kier alpha value is -3.39. The van der Waals surface area contributed by atoms with E-state index in [2.05, 4.69) is 30.4 Å². The van der Waals surface area contributed by atoms with Crippen molar-refractivity contribution in [3.63, 3.8) is 0 Å². The first-order valence-electron chi connectivity index (χ1n) is 10.3. The zero-order valence-corrected chi connectivity index (χ0v) is 16.9. The molecule has 156 valence electrons. The van der Waals surface area contributed by atoms with Gasteiger partial charge in [-0.25, -0.2) is 14.8 Å². The molecule has 8 nitrogen and oxygen atoms in total. The summed E-state index contributed by atoms with van der Waals surface area (Å²) in [6.07, 6.45) is 8.43. The van der Waals surface area contributed by atoms with Gasteiger partial charge in [0.15, 0.2) is 0 Å². The summed E-state index contributed by atoms with van der Waals surface area (Å²) in [5.41, 5.74) is 1.79. The van der Waals surface area contributed by atoms with Crippen molar-refractivity contribution in [3.05, 3.63) is 67.3 Å². The average Bonchev–Trinajstić information content (AvgIpc) is 3.33. The summed E-state index contributed by atoms with van der Waals surface area (Å²) in [5, 5.41) is 5.85. The lowest BCUT2D eigenvalue weighted by atomic mass is 10.2. The quantitative estimate of drug-likeness (QED) is 0.591. The first kappa shape index (κ1) is 19.9. The van der Waals surface area contributed by atoms with Gasteiger partial charge in [-0.05, 0) is 49.4 Å². The fourth-order valence-corrected chi connectivity index (χ4v) is 3.56. The van der Waals surface area contributed by atoms with Crippen molar-refractivity contribution in [1.82, 2.24) is 24.8 Å². The van der Waals surface area contributed by atoms with Crippen LogP contribution in [0, 0.1) is 0 Å². The van der Waals surface area contributed by atoms with Gasteiger partial charge in [-0.1, -0.05) is 6.07 Å². The zero-order valence-electron chi connectivity index (χ0n) is 16.9. The van der Waals surface area contributed by atoms with E-state index in [1.165, 1.54) is 0 Å². The van der Waals surface area contributed by atoms with E-state index in [0.717, 1.165) is 56.5 Å². The standard InChI is InChI=1S/C22H27N7O/c30-22(26-19-6-3-7-20(18-19)28-12-1-2-13-28)25-10-5-11-27-14-16-29(17-15-27)21-23-8-4-9-24-21/h1-4,6-9,12-13,18H,5,10-11,14-17H2,(H2,25,26,30). The normalized spacial score (nSPS) is 14.5. The van der Waals surface area contributed by atoms with Crippen LogP contribution < -0.4 is 15.5 Å². The van der Waals surface area contributed by atoms with Crippen LogP contribution in [-0.2, 0) is 0 Å². The number of hydrogen-bond donors (Lipinski definition) is 2. The molecule has 0 unspecified atom stereocenters. The Kier molecular flexibility index (Phi) is 6.56. The predicted octanol–water partition coefficient (Wildman–Crippen LogP) is 2.60. The molecule has 2 N–H and O–H groups in total. The fraction of sp³-hybridized carbons (Fsp3) is 0.318. The van der Waals surface area contributed by atoms with Gasteiger partial charge >= 0.3 is 6.03 Å². The summed E-state index contributed by atoms with van der Waals surface area (Å²) in [4.78, 5) is 25.5. The SMILES string of the molecule is O=C(NCCCN1CCN(c2ncccn2)CC1)Nc1cccc(-n2cccc2)c1. The Morgan fingerprint density at radius 1 is 0.967 bits per heavy atom. The van der Waals surface area contributed by atoms with Crippen LogP contribution in [0.2, 0.25) is 0 Å². The van der Waals surface area contributed by atoms with Crippen LogP contribution in [0.3, 0.4) is 0 Å². The van der Waals surface area contributed by atoms with Gasteiger partial charge in [0, 0.05) is 68.9 Å². The van der Waals surface area contributed by atoms with Gasteiger partial charge in [-0.15, -0.1) is 0 Å². The van der Waals surface area contributed by atoms with Crippen LogP contribution in [0.15, 0.2) is 67.3 Å². The Morgan fingerprint density at radius 2 is 1.73 bits per heavy atom. The number of benzene rings is 1. The van der Waals surface area contributed by atoms with E-state index in [1.54, 1.807) is 12.4 Å². The number of piperazine rings is 1. The fourth-order valence-electron chi connectivity index (χ4n) is 3.56. The molecule has 2 amide bonds. The third kappa shape index (κ3) is 5.36. The maximum Gasteiger partial charge on any atom is 0.319 e. The molecule has 0 saturated carbocycles. The third-order valence-corrected chi connectivity index (χ3v) is 5.15. The number of urea groups is 1. The van der Waals surface area contributed by atoms with Crippen LogP contribution in [0.4, 0.5) is 16.4 Å². The highest BCUT2D eigenvalue weighted by Gasteiger charge is 2.18. The molecule has 0 atom stereocenters. The second-order valence-electron chi connectivity index (χ2n) is 7.25. The average molecular weight is 406 g/mol. The number of carbonyl (C=O) groups is 1. The summed E-state index contributed by atoms with van der Waals surface area (Å²) < 4.78 is 2.01. The van der Waals surface area contributed by atoms with Crippen molar-refractivity contribution in [2.75, 3.05) is 49.5 Å². The molecule has 1 aliphatic rings. The Morgan fingerprint density at radius 3 is 2.50 bits per heavy atom. The molecule has 0 aliphatic carbocycles. The van der Waals surface area contributed by atoms with E-state index in [0.29, 0.717) is 6.54 Å². The Balaban J connectivity index is 1.14. The van der Waals surface area contributed by atoms with Crippen molar-refractivity contribution in [3.8, 4) is 5.69 Å². The largest absolute Gasteiger partial charge is 0.338 e. The smallest absolute Gasteiger partial charge is 0.319 e. The van der Waals surface area contributed by atoms with E-state index in [1.807, 2.05) is 59.4 Å². The highest BCUT2D eigenvalue weighted by Crippen LogP contribution is 2.15. The summed E-state index contributed by atoms with van der Waals surface area (Å²) >= 11 is 0. The van der Waals surface area contributed by atoms with Gasteiger partial charge in [0.05, 0.1) is 0 Å². The van der Waals surface area contributed by atoms with Crippen molar-refractivity contribution in [1.29, 1.82) is 0 Å². The van der Waals surface area contributed by atoms with E-state index in [-0.39, 0.29) is 6.03 Å². The maximum absolute atomic E-state index is 12.2. The highest BCUT2D eigenvalue weighted by atomic mass is 16.2. The third-order valence-electron chi connectivity index (χ3n) is 5.15.